The summed E-state index contributed by atoms with van der Waals surface area (Å²) in [6.07, 6.45) is 3.09. The van der Waals surface area contributed by atoms with Crippen molar-refractivity contribution in [3.63, 3.8) is 0 Å². The fraction of sp³-hybridized carbons (Fsp3) is 0.562. The molecule has 1 unspecified atom stereocenters. The van der Waals surface area contributed by atoms with Gasteiger partial charge in [0, 0.05) is 26.2 Å². The van der Waals surface area contributed by atoms with E-state index in [-0.39, 0.29) is 19.0 Å². The van der Waals surface area contributed by atoms with Gasteiger partial charge in [-0.2, -0.15) is 0 Å². The van der Waals surface area contributed by atoms with Crippen LogP contribution in [0.3, 0.4) is 0 Å². The molecule has 0 aromatic heterocycles. The molecule has 1 amide bonds. The summed E-state index contributed by atoms with van der Waals surface area (Å²) in [5, 5.41) is 0. The third-order valence-corrected chi connectivity index (χ3v) is 6.22. The van der Waals surface area contributed by atoms with Gasteiger partial charge in [0.2, 0.25) is 15.9 Å². The van der Waals surface area contributed by atoms with E-state index >= 15 is 0 Å². The smallest absolute Gasteiger partial charge is 0.230 e. The highest BCUT2D eigenvalue weighted by molar-refractivity contribution is 7.88. The highest BCUT2D eigenvalue weighted by atomic mass is 32.2. The molecule has 0 saturated carbocycles. The summed E-state index contributed by atoms with van der Waals surface area (Å²) in [6.45, 7) is 1.30. The number of nitrogens with zero attached hydrogens (tertiary/aromatic N) is 2. The van der Waals surface area contributed by atoms with Gasteiger partial charge in [-0.1, -0.05) is 6.07 Å². The van der Waals surface area contributed by atoms with E-state index in [9.17, 15) is 22.0 Å². The number of rotatable bonds is 3. The minimum Gasteiger partial charge on any atom is -0.338 e. The zero-order valence-corrected chi connectivity index (χ0v) is 14.3. The van der Waals surface area contributed by atoms with Gasteiger partial charge in [-0.15, -0.1) is 0 Å². The molecule has 1 atom stereocenters. The predicted octanol–water partition coefficient (Wildman–Crippen LogP) is 1.74. The molecule has 0 aliphatic carbocycles. The molecule has 2 aliphatic heterocycles. The van der Waals surface area contributed by atoms with Crippen LogP contribution in [0.1, 0.15) is 24.8 Å². The first-order chi connectivity index (χ1) is 11.2. The summed E-state index contributed by atoms with van der Waals surface area (Å²) in [5.41, 5.74) is -0.155. The van der Waals surface area contributed by atoms with E-state index in [1.54, 1.807) is 4.90 Å². The monoisotopic (exact) mass is 358 g/mol. The van der Waals surface area contributed by atoms with Crippen LogP contribution < -0.4 is 0 Å². The molecule has 1 aromatic rings. The fourth-order valence-electron chi connectivity index (χ4n) is 3.66. The van der Waals surface area contributed by atoms with Crippen LogP contribution in [0.25, 0.3) is 0 Å². The fourth-order valence-corrected chi connectivity index (χ4v) is 4.56. The largest absolute Gasteiger partial charge is 0.338 e. The first kappa shape index (κ1) is 17.3. The van der Waals surface area contributed by atoms with E-state index in [4.69, 9.17) is 0 Å². The summed E-state index contributed by atoms with van der Waals surface area (Å²) in [4.78, 5) is 14.5. The molecule has 2 saturated heterocycles. The second kappa shape index (κ2) is 6.07. The third kappa shape index (κ3) is 3.17. The van der Waals surface area contributed by atoms with Gasteiger partial charge in [0.05, 0.1) is 11.7 Å². The van der Waals surface area contributed by atoms with Gasteiger partial charge >= 0.3 is 0 Å². The molecule has 0 bridgehead atoms. The first-order valence-electron chi connectivity index (χ1n) is 7.90. The van der Waals surface area contributed by atoms with Gasteiger partial charge in [-0.25, -0.2) is 21.5 Å². The van der Waals surface area contributed by atoms with Gasteiger partial charge in [0.1, 0.15) is 0 Å². The maximum atomic E-state index is 13.4. The lowest BCUT2D eigenvalue weighted by Crippen LogP contribution is -2.49. The minimum absolute atomic E-state index is 0.0929. The molecular formula is C16H20F2N2O3S. The van der Waals surface area contributed by atoms with E-state index in [1.165, 1.54) is 10.4 Å². The lowest BCUT2D eigenvalue weighted by atomic mass is 9.78. The third-order valence-electron chi connectivity index (χ3n) is 4.97. The molecule has 0 radical (unpaired) electrons. The molecule has 5 nitrogen and oxygen atoms in total. The van der Waals surface area contributed by atoms with Crippen molar-refractivity contribution >= 4 is 15.9 Å². The van der Waals surface area contributed by atoms with Crippen LogP contribution >= 0.6 is 0 Å². The van der Waals surface area contributed by atoms with Gasteiger partial charge in [0.15, 0.2) is 11.6 Å². The minimum atomic E-state index is -3.32. The summed E-state index contributed by atoms with van der Waals surface area (Å²) in [7, 11) is -3.32. The number of piperidine rings is 1. The number of amides is 1. The van der Waals surface area contributed by atoms with Crippen molar-refractivity contribution in [3.05, 3.63) is 35.4 Å². The summed E-state index contributed by atoms with van der Waals surface area (Å²) >= 11 is 0. The zero-order chi connectivity index (χ0) is 17.5. The van der Waals surface area contributed by atoms with Crippen molar-refractivity contribution in [1.82, 2.24) is 9.21 Å². The SMILES string of the molecule is CS(=O)(=O)N1CCC2(CCCN(Cc3ccc(F)c(F)c3)C2=O)C1. The highest BCUT2D eigenvalue weighted by Gasteiger charge is 2.50. The van der Waals surface area contributed by atoms with E-state index in [0.29, 0.717) is 31.5 Å². The molecule has 132 valence electrons. The van der Waals surface area contributed by atoms with Crippen molar-refractivity contribution in [1.29, 1.82) is 0 Å². The van der Waals surface area contributed by atoms with Crippen molar-refractivity contribution < 1.29 is 22.0 Å². The number of benzene rings is 1. The predicted molar refractivity (Wildman–Crippen MR) is 84.5 cm³/mol. The van der Waals surface area contributed by atoms with Gasteiger partial charge in [-0.05, 0) is 37.0 Å². The maximum absolute atomic E-state index is 13.4. The van der Waals surface area contributed by atoms with Gasteiger partial charge in [-0.3, -0.25) is 4.79 Å². The lowest BCUT2D eigenvalue weighted by Gasteiger charge is -2.39. The Morgan fingerprint density at radius 2 is 1.92 bits per heavy atom. The molecule has 1 spiro atoms. The second-order valence-electron chi connectivity index (χ2n) is 6.71. The Hall–Kier alpha value is -1.54. The summed E-state index contributed by atoms with van der Waals surface area (Å²) in [5.74, 6) is -1.94. The lowest BCUT2D eigenvalue weighted by molar-refractivity contribution is -0.146. The Morgan fingerprint density at radius 3 is 2.54 bits per heavy atom. The molecule has 24 heavy (non-hydrogen) atoms. The topological polar surface area (TPSA) is 57.7 Å². The Labute approximate surface area is 140 Å². The first-order valence-corrected chi connectivity index (χ1v) is 9.75. The normalized spacial score (nSPS) is 25.6. The Bertz CT molecular complexity index is 769. The maximum Gasteiger partial charge on any atom is 0.230 e. The van der Waals surface area contributed by atoms with Crippen LogP contribution in [0.15, 0.2) is 18.2 Å². The van der Waals surface area contributed by atoms with Crippen LogP contribution in [0.4, 0.5) is 8.78 Å². The molecule has 2 fully saturated rings. The van der Waals surface area contributed by atoms with E-state index in [0.717, 1.165) is 24.8 Å². The molecular weight excluding hydrogens is 338 g/mol. The van der Waals surface area contributed by atoms with E-state index in [2.05, 4.69) is 0 Å². The Morgan fingerprint density at radius 1 is 1.17 bits per heavy atom. The molecule has 8 heteroatoms. The summed E-state index contributed by atoms with van der Waals surface area (Å²) < 4.78 is 51.2. The van der Waals surface area contributed by atoms with Crippen LogP contribution in [0.2, 0.25) is 0 Å². The number of carbonyl (C=O) groups is 1. The standard InChI is InChI=1S/C16H20F2N2O3S/c1-24(22,23)20-8-6-16(11-20)5-2-7-19(15(16)21)10-12-3-4-13(17)14(18)9-12/h3-4,9H,2,5-8,10-11H2,1H3. The summed E-state index contributed by atoms with van der Waals surface area (Å²) in [6, 6.07) is 3.61. The number of sulfonamides is 1. The molecule has 3 rings (SSSR count). The quantitative estimate of drug-likeness (QED) is 0.827. The van der Waals surface area contributed by atoms with Crippen molar-refractivity contribution in [2.75, 3.05) is 25.9 Å². The van der Waals surface area contributed by atoms with Crippen molar-refractivity contribution in [2.45, 2.75) is 25.8 Å². The Kier molecular flexibility index (Phi) is 4.37. The van der Waals surface area contributed by atoms with Crippen molar-refractivity contribution in [3.8, 4) is 0 Å². The van der Waals surface area contributed by atoms with Gasteiger partial charge in [0.25, 0.3) is 0 Å². The number of hydrogen-bond donors (Lipinski definition) is 0. The number of carbonyl (C=O) groups excluding carboxylic acids is 1. The van der Waals surface area contributed by atoms with Crippen LogP contribution in [0.5, 0.6) is 0 Å². The highest BCUT2D eigenvalue weighted by Crippen LogP contribution is 2.41. The van der Waals surface area contributed by atoms with Gasteiger partial charge < -0.3 is 4.90 Å². The second-order valence-corrected chi connectivity index (χ2v) is 8.69. The van der Waals surface area contributed by atoms with Crippen LogP contribution in [-0.2, 0) is 21.4 Å². The van der Waals surface area contributed by atoms with Crippen LogP contribution in [-0.4, -0.2) is 49.4 Å². The number of likely N-dealkylation sites (tertiary alicyclic amines) is 1. The zero-order valence-electron chi connectivity index (χ0n) is 13.5. The molecule has 2 aliphatic rings. The molecule has 2 heterocycles. The number of halogens is 2. The average Bonchev–Trinajstić information content (AvgIpc) is 2.93. The van der Waals surface area contributed by atoms with Crippen LogP contribution in [0, 0.1) is 17.0 Å². The van der Waals surface area contributed by atoms with E-state index in [1.807, 2.05) is 0 Å². The molecule has 0 N–H and O–H groups in total. The van der Waals surface area contributed by atoms with Crippen molar-refractivity contribution in [2.24, 2.45) is 5.41 Å². The Balaban J connectivity index is 1.77. The van der Waals surface area contributed by atoms with E-state index < -0.39 is 27.1 Å². The molecule has 1 aromatic carbocycles. The average molecular weight is 358 g/mol. The number of hydrogen-bond acceptors (Lipinski definition) is 3.